The Morgan fingerprint density at radius 3 is 2.54 bits per heavy atom. The molecule has 1 aromatic carbocycles. The Kier molecular flexibility index (Phi) is 4.28. The quantitative estimate of drug-likeness (QED) is 0.353. The van der Waals surface area contributed by atoms with Crippen molar-refractivity contribution in [3.8, 4) is 0 Å². The van der Waals surface area contributed by atoms with E-state index in [1.165, 1.54) is 12.1 Å². The lowest BCUT2D eigenvalue weighted by atomic mass is 10.1. The summed E-state index contributed by atoms with van der Waals surface area (Å²) in [5, 5.41) is 14.6. The summed E-state index contributed by atoms with van der Waals surface area (Å²) < 4.78 is 7.18. The average molecular weight is 395 g/mol. The molecule has 1 aliphatic rings. The number of nitrogens with zero attached hydrogens (tertiary/aromatic N) is 1. The van der Waals surface area contributed by atoms with Gasteiger partial charge >= 0.3 is 5.97 Å². The third-order valence-electron chi connectivity index (χ3n) is 4.26. The van der Waals surface area contributed by atoms with Crippen LogP contribution in [0.3, 0.4) is 0 Å². The zero-order valence-corrected chi connectivity index (χ0v) is 15.1. The van der Waals surface area contributed by atoms with Crippen LogP contribution < -0.4 is 10.6 Å². The van der Waals surface area contributed by atoms with E-state index < -0.39 is 17.8 Å². The van der Waals surface area contributed by atoms with Gasteiger partial charge in [-0.3, -0.25) is 20.2 Å². The van der Waals surface area contributed by atoms with E-state index in [0.29, 0.717) is 17.9 Å². The molecule has 0 unspecified atom stereocenters. The van der Waals surface area contributed by atoms with Crippen LogP contribution in [0.4, 0.5) is 0 Å². The fraction of sp³-hybridized carbons (Fsp3) is 0.0526. The summed E-state index contributed by atoms with van der Waals surface area (Å²) >= 11 is 4.80. The maximum Gasteiger partial charge on any atom is 0.371 e. The Labute approximate surface area is 163 Å². The normalized spacial score (nSPS) is 14.1. The van der Waals surface area contributed by atoms with E-state index in [9.17, 15) is 14.4 Å². The van der Waals surface area contributed by atoms with Crippen LogP contribution in [-0.2, 0) is 16.1 Å². The third kappa shape index (κ3) is 3.19. The number of hydrogen-bond acceptors (Lipinski definition) is 5. The summed E-state index contributed by atoms with van der Waals surface area (Å²) in [5.74, 6) is -1.94. The predicted octanol–water partition coefficient (Wildman–Crippen LogP) is 1.90. The van der Waals surface area contributed by atoms with Gasteiger partial charge in [0.1, 0.15) is 11.3 Å². The van der Waals surface area contributed by atoms with Crippen LogP contribution >= 0.6 is 12.2 Å². The number of para-hydroxylation sites is 1. The van der Waals surface area contributed by atoms with Crippen molar-refractivity contribution in [3.05, 3.63) is 65.3 Å². The fourth-order valence-electron chi connectivity index (χ4n) is 3.03. The van der Waals surface area contributed by atoms with Crippen LogP contribution in [-0.4, -0.2) is 32.6 Å². The predicted molar refractivity (Wildman–Crippen MR) is 104 cm³/mol. The highest BCUT2D eigenvalue weighted by molar-refractivity contribution is 7.80. The molecule has 3 N–H and O–H groups in total. The van der Waals surface area contributed by atoms with Gasteiger partial charge in [-0.2, -0.15) is 0 Å². The van der Waals surface area contributed by atoms with E-state index in [1.807, 2.05) is 28.8 Å². The second-order valence-corrected chi connectivity index (χ2v) is 6.50. The molecule has 28 heavy (non-hydrogen) atoms. The van der Waals surface area contributed by atoms with Crippen molar-refractivity contribution >= 4 is 52.1 Å². The lowest BCUT2D eigenvalue weighted by Gasteiger charge is -2.16. The van der Waals surface area contributed by atoms with Gasteiger partial charge in [-0.1, -0.05) is 18.2 Å². The largest absolute Gasteiger partial charge is 0.475 e. The number of carboxylic acid groups (broad SMARTS) is 1. The Morgan fingerprint density at radius 2 is 1.86 bits per heavy atom. The molecule has 0 saturated carbocycles. The van der Waals surface area contributed by atoms with E-state index in [-0.39, 0.29) is 16.4 Å². The van der Waals surface area contributed by atoms with Crippen LogP contribution in [0.2, 0.25) is 0 Å². The first-order valence-electron chi connectivity index (χ1n) is 8.20. The van der Waals surface area contributed by atoms with Crippen molar-refractivity contribution < 1.29 is 23.9 Å². The van der Waals surface area contributed by atoms with Gasteiger partial charge in [0.2, 0.25) is 5.76 Å². The number of thiocarbonyl (C=S) groups is 1. The number of fused-ring (bicyclic) bond motifs is 1. The molecule has 1 aliphatic heterocycles. The molecule has 4 rings (SSSR count). The molecule has 0 bridgehead atoms. The molecule has 8 nitrogen and oxygen atoms in total. The van der Waals surface area contributed by atoms with Crippen molar-refractivity contribution in [1.82, 2.24) is 15.2 Å². The van der Waals surface area contributed by atoms with E-state index >= 15 is 0 Å². The second-order valence-electron chi connectivity index (χ2n) is 6.10. The zero-order valence-electron chi connectivity index (χ0n) is 14.3. The molecule has 140 valence electrons. The number of aromatic nitrogens is 1. The Morgan fingerprint density at radius 1 is 1.14 bits per heavy atom. The van der Waals surface area contributed by atoms with Gasteiger partial charge in [0.25, 0.3) is 11.8 Å². The van der Waals surface area contributed by atoms with Gasteiger partial charge in [0.05, 0.1) is 6.54 Å². The number of carboxylic acids is 1. The molecule has 2 amide bonds. The molecule has 0 radical (unpaired) electrons. The summed E-state index contributed by atoms with van der Waals surface area (Å²) in [5.41, 5.74) is 1.45. The van der Waals surface area contributed by atoms with Crippen LogP contribution in [0.1, 0.15) is 21.9 Å². The third-order valence-corrected chi connectivity index (χ3v) is 4.47. The Balaban J connectivity index is 1.75. The van der Waals surface area contributed by atoms with E-state index in [2.05, 4.69) is 10.6 Å². The minimum Gasteiger partial charge on any atom is -0.475 e. The first kappa shape index (κ1) is 17.7. The van der Waals surface area contributed by atoms with Crippen LogP contribution in [0, 0.1) is 0 Å². The highest BCUT2D eigenvalue weighted by Gasteiger charge is 2.26. The number of rotatable bonds is 4. The van der Waals surface area contributed by atoms with Crippen molar-refractivity contribution in [1.29, 1.82) is 0 Å². The molecule has 3 aromatic rings. The average Bonchev–Trinajstić information content (AvgIpc) is 3.24. The first-order chi connectivity index (χ1) is 13.4. The number of aromatic carboxylic acids is 1. The molecule has 9 heteroatoms. The summed E-state index contributed by atoms with van der Waals surface area (Å²) in [7, 11) is 0. The lowest BCUT2D eigenvalue weighted by Crippen LogP contribution is -2.51. The molecule has 0 spiro atoms. The van der Waals surface area contributed by atoms with Crippen molar-refractivity contribution in [2.75, 3.05) is 0 Å². The number of furan rings is 1. The van der Waals surface area contributed by atoms with Gasteiger partial charge < -0.3 is 14.1 Å². The highest BCUT2D eigenvalue weighted by atomic mass is 32.1. The van der Waals surface area contributed by atoms with Crippen molar-refractivity contribution in [2.45, 2.75) is 6.54 Å². The molecule has 3 heterocycles. The smallest absolute Gasteiger partial charge is 0.371 e. The first-order valence-corrected chi connectivity index (χ1v) is 8.61. The number of amides is 2. The minimum atomic E-state index is -1.14. The monoisotopic (exact) mass is 395 g/mol. The van der Waals surface area contributed by atoms with Gasteiger partial charge in [0, 0.05) is 22.7 Å². The molecule has 0 atom stereocenters. The molecule has 2 aromatic heterocycles. The molecule has 0 aliphatic carbocycles. The lowest BCUT2D eigenvalue weighted by molar-refractivity contribution is -0.123. The number of hydrogen-bond donors (Lipinski definition) is 3. The van der Waals surface area contributed by atoms with E-state index in [0.717, 1.165) is 10.9 Å². The van der Waals surface area contributed by atoms with Gasteiger partial charge in [-0.25, -0.2) is 4.79 Å². The number of nitrogens with one attached hydrogen (secondary N) is 2. The highest BCUT2D eigenvalue weighted by Crippen LogP contribution is 2.25. The maximum atomic E-state index is 12.1. The Hall–Kier alpha value is -3.72. The summed E-state index contributed by atoms with van der Waals surface area (Å²) in [4.78, 5) is 35.2. The van der Waals surface area contributed by atoms with Crippen molar-refractivity contribution in [3.63, 3.8) is 0 Å². The summed E-state index contributed by atoms with van der Waals surface area (Å²) in [6.07, 6.45) is 3.27. The van der Waals surface area contributed by atoms with Crippen LogP contribution in [0.15, 0.2) is 52.6 Å². The van der Waals surface area contributed by atoms with E-state index in [4.69, 9.17) is 21.7 Å². The molecular weight excluding hydrogens is 382 g/mol. The van der Waals surface area contributed by atoms with Crippen LogP contribution in [0.5, 0.6) is 0 Å². The molecular formula is C19H13N3O5S. The topological polar surface area (TPSA) is 114 Å². The maximum absolute atomic E-state index is 12.1. The Bertz CT molecular complexity index is 1170. The zero-order chi connectivity index (χ0) is 19.8. The second kappa shape index (κ2) is 6.78. The summed E-state index contributed by atoms with van der Waals surface area (Å²) in [6, 6.07) is 10.4. The summed E-state index contributed by atoms with van der Waals surface area (Å²) in [6.45, 7) is 0.291. The number of carbonyl (C=O) groups excluding carboxylic acids is 2. The number of benzene rings is 1. The van der Waals surface area contributed by atoms with Gasteiger partial charge in [-0.15, -0.1) is 0 Å². The fourth-order valence-corrected chi connectivity index (χ4v) is 3.21. The minimum absolute atomic E-state index is 0.0263. The van der Waals surface area contributed by atoms with Gasteiger partial charge in [0.15, 0.2) is 5.11 Å². The molecule has 1 saturated heterocycles. The number of carbonyl (C=O) groups is 3. The SMILES string of the molecule is O=C1NC(=S)NC(=O)C1=Cc1cn(Cc2ccc(C(=O)O)o2)c2ccccc12. The van der Waals surface area contributed by atoms with E-state index in [1.54, 1.807) is 12.3 Å². The van der Waals surface area contributed by atoms with Crippen molar-refractivity contribution in [2.24, 2.45) is 0 Å². The molecule has 1 fully saturated rings. The standard InChI is InChI=1S/C19H13N3O5S/c23-16-13(17(24)21-19(28)20-16)7-10-8-22(14-4-2-1-3-12(10)14)9-11-5-6-15(27-11)18(25)26/h1-8H,9H2,(H,25,26)(H2,20,21,23,24,28). The van der Waals surface area contributed by atoms with Gasteiger partial charge in [-0.05, 0) is 36.5 Å². The van der Waals surface area contributed by atoms with Crippen LogP contribution in [0.25, 0.3) is 17.0 Å².